The van der Waals surface area contributed by atoms with Crippen LogP contribution in [0.2, 0.25) is 0 Å². The molecule has 1 aliphatic rings. The molecule has 20 heavy (non-hydrogen) atoms. The van der Waals surface area contributed by atoms with Crippen molar-refractivity contribution in [2.45, 2.75) is 38.6 Å². The molecule has 0 aromatic heterocycles. The minimum absolute atomic E-state index is 0.218. The Balaban J connectivity index is 2.03. The van der Waals surface area contributed by atoms with Crippen molar-refractivity contribution in [3.05, 3.63) is 30.3 Å². The molecule has 0 amide bonds. The Morgan fingerprint density at radius 3 is 2.30 bits per heavy atom. The third kappa shape index (κ3) is 3.15. The lowest BCUT2D eigenvalue weighted by molar-refractivity contribution is 0.0743. The van der Waals surface area contributed by atoms with Crippen molar-refractivity contribution in [1.29, 1.82) is 0 Å². The van der Waals surface area contributed by atoms with E-state index < -0.39 is 0 Å². The van der Waals surface area contributed by atoms with Crippen molar-refractivity contribution in [1.82, 2.24) is 4.90 Å². The Morgan fingerprint density at radius 1 is 1.15 bits per heavy atom. The van der Waals surface area contributed by atoms with E-state index in [0.29, 0.717) is 0 Å². The van der Waals surface area contributed by atoms with Gasteiger partial charge in [-0.2, -0.15) is 0 Å². The first-order valence-corrected chi connectivity index (χ1v) is 8.01. The first kappa shape index (κ1) is 15.3. The van der Waals surface area contributed by atoms with Gasteiger partial charge in [-0.25, -0.2) is 0 Å². The molecule has 0 bridgehead atoms. The van der Waals surface area contributed by atoms with Gasteiger partial charge in [-0.05, 0) is 44.5 Å². The smallest absolute Gasteiger partial charge is 0.0366 e. The zero-order valence-corrected chi connectivity index (χ0v) is 13.0. The normalized spacial score (nSPS) is 18.5. The fourth-order valence-electron chi connectivity index (χ4n) is 3.47. The lowest BCUT2D eigenvalue weighted by Gasteiger charge is -2.48. The molecular weight excluding hydrogens is 246 g/mol. The van der Waals surface area contributed by atoms with E-state index >= 15 is 0 Å². The summed E-state index contributed by atoms with van der Waals surface area (Å²) >= 11 is 0. The van der Waals surface area contributed by atoms with Crippen molar-refractivity contribution >= 4 is 5.69 Å². The van der Waals surface area contributed by atoms with Crippen LogP contribution in [0.25, 0.3) is 0 Å². The maximum Gasteiger partial charge on any atom is 0.0366 e. The summed E-state index contributed by atoms with van der Waals surface area (Å²) in [6, 6.07) is 10.7. The van der Waals surface area contributed by atoms with Gasteiger partial charge in [0, 0.05) is 30.9 Å². The van der Waals surface area contributed by atoms with Crippen molar-refractivity contribution in [3.8, 4) is 0 Å². The van der Waals surface area contributed by atoms with Crippen LogP contribution in [0.15, 0.2) is 30.3 Å². The number of hydrogen-bond donors (Lipinski definition) is 1. The molecule has 3 nitrogen and oxygen atoms in total. The molecule has 1 heterocycles. The quantitative estimate of drug-likeness (QED) is 0.866. The van der Waals surface area contributed by atoms with E-state index in [1.807, 2.05) is 0 Å². The van der Waals surface area contributed by atoms with Crippen LogP contribution >= 0.6 is 0 Å². The Kier molecular flexibility index (Phi) is 5.44. The first-order valence-electron chi connectivity index (χ1n) is 8.01. The Bertz CT molecular complexity index is 382. The van der Waals surface area contributed by atoms with Crippen molar-refractivity contribution in [2.24, 2.45) is 5.73 Å². The van der Waals surface area contributed by atoms with E-state index in [1.165, 1.54) is 31.5 Å². The predicted molar refractivity (Wildman–Crippen MR) is 87.2 cm³/mol. The van der Waals surface area contributed by atoms with Crippen molar-refractivity contribution in [3.63, 3.8) is 0 Å². The zero-order valence-electron chi connectivity index (χ0n) is 13.0. The molecule has 3 heteroatoms. The number of hydrogen-bond acceptors (Lipinski definition) is 3. The monoisotopic (exact) mass is 275 g/mol. The third-order valence-corrected chi connectivity index (χ3v) is 4.74. The van der Waals surface area contributed by atoms with Gasteiger partial charge in [0.1, 0.15) is 0 Å². The molecule has 1 aliphatic heterocycles. The summed E-state index contributed by atoms with van der Waals surface area (Å²) in [5.41, 5.74) is 7.73. The highest BCUT2D eigenvalue weighted by Gasteiger charge is 2.37. The van der Waals surface area contributed by atoms with E-state index in [-0.39, 0.29) is 5.54 Å². The fourth-order valence-corrected chi connectivity index (χ4v) is 3.47. The van der Waals surface area contributed by atoms with Crippen LogP contribution in [0.3, 0.4) is 0 Å². The number of piperidine rings is 1. The second kappa shape index (κ2) is 7.09. The second-order valence-corrected chi connectivity index (χ2v) is 5.83. The van der Waals surface area contributed by atoms with Gasteiger partial charge in [0.2, 0.25) is 0 Å². The number of likely N-dealkylation sites (N-methyl/N-ethyl adjacent to an activating group) is 1. The van der Waals surface area contributed by atoms with Gasteiger partial charge in [0.05, 0.1) is 0 Å². The average molecular weight is 275 g/mol. The van der Waals surface area contributed by atoms with E-state index in [0.717, 1.165) is 26.2 Å². The third-order valence-electron chi connectivity index (χ3n) is 4.74. The summed E-state index contributed by atoms with van der Waals surface area (Å²) < 4.78 is 0. The second-order valence-electron chi connectivity index (χ2n) is 5.83. The van der Waals surface area contributed by atoms with E-state index in [9.17, 15) is 0 Å². The molecule has 2 rings (SSSR count). The number of anilines is 1. The largest absolute Gasteiger partial charge is 0.371 e. The van der Waals surface area contributed by atoms with Gasteiger partial charge in [-0.3, -0.25) is 4.90 Å². The molecule has 1 fully saturated rings. The Morgan fingerprint density at radius 2 is 1.80 bits per heavy atom. The van der Waals surface area contributed by atoms with Crippen LogP contribution in [0, 0.1) is 0 Å². The highest BCUT2D eigenvalue weighted by Crippen LogP contribution is 2.30. The number of nitrogens with zero attached hydrogens (tertiary/aromatic N) is 2. The van der Waals surface area contributed by atoms with Crippen molar-refractivity contribution in [2.75, 3.05) is 37.6 Å². The molecule has 1 saturated heterocycles. The van der Waals surface area contributed by atoms with Crippen molar-refractivity contribution < 1.29 is 0 Å². The summed E-state index contributed by atoms with van der Waals surface area (Å²) in [5, 5.41) is 0. The standard InChI is InChI=1S/C17H29N3/c1-3-12-20(4-2)17(15-18)10-13-19(14-11-17)16-8-6-5-7-9-16/h5-9H,3-4,10-15,18H2,1-2H3. The Hall–Kier alpha value is -1.06. The lowest BCUT2D eigenvalue weighted by Crippen LogP contribution is -2.59. The maximum absolute atomic E-state index is 6.17. The maximum atomic E-state index is 6.17. The molecule has 1 aromatic rings. The average Bonchev–Trinajstić information content (AvgIpc) is 2.53. The molecule has 0 atom stereocenters. The highest BCUT2D eigenvalue weighted by atomic mass is 15.2. The molecule has 0 radical (unpaired) electrons. The fraction of sp³-hybridized carbons (Fsp3) is 0.647. The van der Waals surface area contributed by atoms with Gasteiger partial charge in [0.15, 0.2) is 0 Å². The molecule has 0 spiro atoms. The van der Waals surface area contributed by atoms with Gasteiger partial charge in [0.25, 0.3) is 0 Å². The molecule has 0 aliphatic carbocycles. The number of rotatable bonds is 6. The topological polar surface area (TPSA) is 32.5 Å². The zero-order chi connectivity index (χ0) is 14.4. The number of nitrogens with two attached hydrogens (primary N) is 1. The van der Waals surface area contributed by atoms with Gasteiger partial charge in [-0.1, -0.05) is 32.0 Å². The van der Waals surface area contributed by atoms with Gasteiger partial charge < -0.3 is 10.6 Å². The summed E-state index contributed by atoms with van der Waals surface area (Å²) in [6.07, 6.45) is 3.55. The number of para-hydroxylation sites is 1. The van der Waals surface area contributed by atoms with Crippen LogP contribution in [0.1, 0.15) is 33.1 Å². The Labute approximate surface area is 123 Å². The van der Waals surface area contributed by atoms with E-state index in [1.54, 1.807) is 0 Å². The van der Waals surface area contributed by atoms with Gasteiger partial charge in [-0.15, -0.1) is 0 Å². The summed E-state index contributed by atoms with van der Waals surface area (Å²) in [4.78, 5) is 5.10. The molecule has 0 saturated carbocycles. The van der Waals surface area contributed by atoms with Crippen LogP contribution in [0.4, 0.5) is 5.69 Å². The van der Waals surface area contributed by atoms with Crippen LogP contribution in [-0.2, 0) is 0 Å². The number of benzene rings is 1. The first-order chi connectivity index (χ1) is 9.75. The summed E-state index contributed by atoms with van der Waals surface area (Å²) in [6.45, 7) is 9.80. The molecular formula is C17H29N3. The van der Waals surface area contributed by atoms with Crippen LogP contribution in [0.5, 0.6) is 0 Å². The van der Waals surface area contributed by atoms with Gasteiger partial charge >= 0.3 is 0 Å². The van der Waals surface area contributed by atoms with Crippen LogP contribution in [-0.4, -0.2) is 43.2 Å². The summed E-state index contributed by atoms with van der Waals surface area (Å²) in [7, 11) is 0. The van der Waals surface area contributed by atoms with E-state index in [4.69, 9.17) is 5.73 Å². The minimum Gasteiger partial charge on any atom is -0.371 e. The molecule has 112 valence electrons. The van der Waals surface area contributed by atoms with E-state index in [2.05, 4.69) is 54.0 Å². The SMILES string of the molecule is CCCN(CC)C1(CN)CCN(c2ccccc2)CC1. The lowest BCUT2D eigenvalue weighted by atomic mass is 9.85. The molecule has 1 aromatic carbocycles. The predicted octanol–water partition coefficient (Wildman–Crippen LogP) is 2.72. The van der Waals surface area contributed by atoms with Crippen LogP contribution < -0.4 is 10.6 Å². The highest BCUT2D eigenvalue weighted by molar-refractivity contribution is 5.46. The minimum atomic E-state index is 0.218. The molecule has 2 N–H and O–H groups in total. The molecule has 0 unspecified atom stereocenters. The summed E-state index contributed by atoms with van der Waals surface area (Å²) in [5.74, 6) is 0.